The predicted octanol–water partition coefficient (Wildman–Crippen LogP) is 2.18. The smallest absolute Gasteiger partial charge is 0.227 e. The fourth-order valence-corrected chi connectivity index (χ4v) is 3.65. The monoisotopic (exact) mass is 323 g/mol. The highest BCUT2D eigenvalue weighted by Gasteiger charge is 2.24. The number of amides is 1. The second-order valence-corrected chi connectivity index (χ2v) is 6.48. The molecule has 0 atom stereocenters. The first kappa shape index (κ1) is 14.9. The Labute approximate surface area is 140 Å². The van der Waals surface area contributed by atoms with Gasteiger partial charge < -0.3 is 14.0 Å². The third-order valence-electron chi connectivity index (χ3n) is 5.00. The summed E-state index contributed by atoms with van der Waals surface area (Å²) in [5.74, 6) is 0.216. The number of rotatable bonds is 3. The normalized spacial score (nSPS) is 16.0. The number of carbonyl (C=O) groups is 1. The van der Waals surface area contributed by atoms with Crippen LogP contribution < -0.4 is 0 Å². The van der Waals surface area contributed by atoms with Gasteiger partial charge in [-0.3, -0.25) is 4.79 Å². The maximum absolute atomic E-state index is 12.7. The van der Waals surface area contributed by atoms with E-state index in [1.807, 2.05) is 28.6 Å². The second-order valence-electron chi connectivity index (χ2n) is 6.48. The summed E-state index contributed by atoms with van der Waals surface area (Å²) in [5.41, 5.74) is 2.28. The van der Waals surface area contributed by atoms with Crippen LogP contribution in [0.4, 0.5) is 0 Å². The first-order chi connectivity index (χ1) is 11.7. The molecule has 24 heavy (non-hydrogen) atoms. The van der Waals surface area contributed by atoms with E-state index in [4.69, 9.17) is 0 Å². The largest absolute Gasteiger partial charge is 0.350 e. The third-order valence-corrected chi connectivity index (χ3v) is 5.00. The van der Waals surface area contributed by atoms with Crippen molar-refractivity contribution in [3.05, 3.63) is 48.7 Å². The van der Waals surface area contributed by atoms with Gasteiger partial charge in [0.1, 0.15) is 12.7 Å². The van der Waals surface area contributed by atoms with Crippen molar-refractivity contribution in [3.63, 3.8) is 0 Å². The van der Waals surface area contributed by atoms with Crippen molar-refractivity contribution in [1.82, 2.24) is 24.2 Å². The summed E-state index contributed by atoms with van der Waals surface area (Å²) in [6.45, 7) is 1.60. The number of para-hydroxylation sites is 1. The molecule has 0 spiro atoms. The molecule has 0 unspecified atom stereocenters. The van der Waals surface area contributed by atoms with Crippen LogP contribution in [0.1, 0.15) is 24.4 Å². The van der Waals surface area contributed by atoms with Gasteiger partial charge in [-0.2, -0.15) is 0 Å². The Balaban J connectivity index is 1.43. The zero-order valence-corrected chi connectivity index (χ0v) is 13.8. The topological polar surface area (TPSA) is 56.0 Å². The van der Waals surface area contributed by atoms with E-state index in [2.05, 4.69) is 33.1 Å². The first-order valence-electron chi connectivity index (χ1n) is 8.37. The molecule has 124 valence electrons. The minimum absolute atomic E-state index is 0.216. The SMILES string of the molecule is Cn1cc(CC(=O)N2CCC(n3cnnc3)CC2)c2ccccc21. The molecule has 1 aliphatic heterocycles. The zero-order valence-electron chi connectivity index (χ0n) is 13.8. The van der Waals surface area contributed by atoms with E-state index < -0.39 is 0 Å². The fourth-order valence-electron chi connectivity index (χ4n) is 3.65. The predicted molar refractivity (Wildman–Crippen MR) is 91.5 cm³/mol. The van der Waals surface area contributed by atoms with Crippen LogP contribution in [0.3, 0.4) is 0 Å². The highest BCUT2D eigenvalue weighted by Crippen LogP contribution is 2.24. The first-order valence-corrected chi connectivity index (χ1v) is 8.37. The molecule has 0 aliphatic carbocycles. The summed E-state index contributed by atoms with van der Waals surface area (Å²) in [6.07, 6.45) is 7.99. The third kappa shape index (κ3) is 2.68. The molecular formula is C18H21N5O. The molecule has 3 aromatic rings. The molecule has 2 aromatic heterocycles. The molecule has 6 nitrogen and oxygen atoms in total. The van der Waals surface area contributed by atoms with Gasteiger partial charge in [-0.05, 0) is 24.5 Å². The van der Waals surface area contributed by atoms with Crippen molar-refractivity contribution in [3.8, 4) is 0 Å². The van der Waals surface area contributed by atoms with Gasteiger partial charge in [0.2, 0.25) is 5.91 Å². The van der Waals surface area contributed by atoms with Gasteiger partial charge >= 0.3 is 0 Å². The van der Waals surface area contributed by atoms with E-state index in [1.54, 1.807) is 12.7 Å². The summed E-state index contributed by atoms with van der Waals surface area (Å²) in [4.78, 5) is 14.7. The molecule has 1 saturated heterocycles. The van der Waals surface area contributed by atoms with Crippen molar-refractivity contribution >= 4 is 16.8 Å². The summed E-state index contributed by atoms with van der Waals surface area (Å²) in [7, 11) is 2.03. The number of likely N-dealkylation sites (tertiary alicyclic amines) is 1. The summed E-state index contributed by atoms with van der Waals surface area (Å²) >= 11 is 0. The van der Waals surface area contributed by atoms with Crippen molar-refractivity contribution in [2.75, 3.05) is 13.1 Å². The Morgan fingerprint density at radius 3 is 2.62 bits per heavy atom. The second kappa shape index (κ2) is 6.11. The van der Waals surface area contributed by atoms with Crippen LogP contribution in [0.25, 0.3) is 10.9 Å². The van der Waals surface area contributed by atoms with Crippen LogP contribution in [0.5, 0.6) is 0 Å². The molecule has 6 heteroatoms. The van der Waals surface area contributed by atoms with E-state index in [0.717, 1.165) is 31.5 Å². The Morgan fingerprint density at radius 1 is 1.17 bits per heavy atom. The molecule has 0 radical (unpaired) electrons. The lowest BCUT2D eigenvalue weighted by molar-refractivity contribution is -0.131. The van der Waals surface area contributed by atoms with E-state index in [0.29, 0.717) is 12.5 Å². The molecule has 1 fully saturated rings. The van der Waals surface area contributed by atoms with E-state index in [9.17, 15) is 4.79 Å². The molecule has 1 aliphatic rings. The van der Waals surface area contributed by atoms with E-state index in [1.165, 1.54) is 10.9 Å². The Hall–Kier alpha value is -2.63. The number of nitrogens with zero attached hydrogens (tertiary/aromatic N) is 5. The number of aromatic nitrogens is 4. The van der Waals surface area contributed by atoms with Crippen molar-refractivity contribution in [1.29, 1.82) is 0 Å². The van der Waals surface area contributed by atoms with Crippen molar-refractivity contribution in [2.24, 2.45) is 7.05 Å². The van der Waals surface area contributed by atoms with E-state index in [-0.39, 0.29) is 5.91 Å². The van der Waals surface area contributed by atoms with Crippen LogP contribution in [0.2, 0.25) is 0 Å². The Kier molecular flexibility index (Phi) is 3.80. The van der Waals surface area contributed by atoms with Gasteiger partial charge in [-0.25, -0.2) is 0 Å². The maximum Gasteiger partial charge on any atom is 0.227 e. The van der Waals surface area contributed by atoms with Crippen LogP contribution in [-0.4, -0.2) is 43.2 Å². The van der Waals surface area contributed by atoms with Crippen molar-refractivity contribution in [2.45, 2.75) is 25.3 Å². The highest BCUT2D eigenvalue weighted by atomic mass is 16.2. The molecule has 0 N–H and O–H groups in total. The van der Waals surface area contributed by atoms with Gasteiger partial charge in [0, 0.05) is 43.3 Å². The van der Waals surface area contributed by atoms with Gasteiger partial charge in [-0.15, -0.1) is 10.2 Å². The van der Waals surface area contributed by atoms with E-state index >= 15 is 0 Å². The maximum atomic E-state index is 12.7. The van der Waals surface area contributed by atoms with Gasteiger partial charge in [0.25, 0.3) is 0 Å². The standard InChI is InChI=1S/C18H21N5O/c1-21-11-14(16-4-2-3-5-17(16)21)10-18(24)22-8-6-15(7-9-22)23-12-19-20-13-23/h2-5,11-13,15H,6-10H2,1H3. The lowest BCUT2D eigenvalue weighted by Gasteiger charge is -2.32. The summed E-state index contributed by atoms with van der Waals surface area (Å²) in [6, 6.07) is 8.65. The lowest BCUT2D eigenvalue weighted by atomic mass is 10.0. The number of hydrogen-bond donors (Lipinski definition) is 0. The average Bonchev–Trinajstić information content (AvgIpc) is 3.25. The number of piperidine rings is 1. The molecule has 3 heterocycles. The minimum atomic E-state index is 0.216. The molecule has 1 amide bonds. The Morgan fingerprint density at radius 2 is 1.88 bits per heavy atom. The fraction of sp³-hybridized carbons (Fsp3) is 0.389. The number of benzene rings is 1. The average molecular weight is 323 g/mol. The van der Waals surface area contributed by atoms with Gasteiger partial charge in [0.05, 0.1) is 6.42 Å². The minimum Gasteiger partial charge on any atom is -0.350 e. The molecule has 1 aromatic carbocycles. The zero-order chi connectivity index (χ0) is 16.5. The number of carbonyl (C=O) groups excluding carboxylic acids is 1. The molecule has 0 bridgehead atoms. The number of aryl methyl sites for hydroxylation is 1. The van der Waals surface area contributed by atoms with Crippen LogP contribution in [0, 0.1) is 0 Å². The summed E-state index contributed by atoms with van der Waals surface area (Å²) in [5, 5.41) is 8.91. The van der Waals surface area contributed by atoms with Crippen LogP contribution >= 0.6 is 0 Å². The number of fused-ring (bicyclic) bond motifs is 1. The summed E-state index contributed by atoms with van der Waals surface area (Å²) < 4.78 is 4.14. The van der Waals surface area contributed by atoms with Crippen molar-refractivity contribution < 1.29 is 4.79 Å². The van der Waals surface area contributed by atoms with Crippen LogP contribution in [-0.2, 0) is 18.3 Å². The highest BCUT2D eigenvalue weighted by molar-refractivity contribution is 5.89. The van der Waals surface area contributed by atoms with Gasteiger partial charge in [-0.1, -0.05) is 18.2 Å². The lowest BCUT2D eigenvalue weighted by Crippen LogP contribution is -2.39. The molecular weight excluding hydrogens is 302 g/mol. The molecule has 0 saturated carbocycles. The van der Waals surface area contributed by atoms with Crippen LogP contribution in [0.15, 0.2) is 43.1 Å². The Bertz CT molecular complexity index is 844. The molecule has 4 rings (SSSR count). The number of hydrogen-bond acceptors (Lipinski definition) is 3. The van der Waals surface area contributed by atoms with Gasteiger partial charge in [0.15, 0.2) is 0 Å². The quantitative estimate of drug-likeness (QED) is 0.742.